The van der Waals surface area contributed by atoms with Gasteiger partial charge in [-0.15, -0.1) is 0 Å². The van der Waals surface area contributed by atoms with Gasteiger partial charge in [-0.05, 0) is 12.2 Å². The van der Waals surface area contributed by atoms with Gasteiger partial charge in [0.05, 0.1) is 6.61 Å². The van der Waals surface area contributed by atoms with Gasteiger partial charge >= 0.3 is 0 Å². The summed E-state index contributed by atoms with van der Waals surface area (Å²) < 4.78 is 6.24. The minimum atomic E-state index is -1.28. The van der Waals surface area contributed by atoms with Gasteiger partial charge in [0.15, 0.2) is 11.0 Å². The molecule has 0 aliphatic carbocycles. The van der Waals surface area contributed by atoms with E-state index in [1.54, 1.807) is 0 Å². The third-order valence-electron chi connectivity index (χ3n) is 2.50. The third kappa shape index (κ3) is 2.15. The van der Waals surface area contributed by atoms with E-state index in [0.717, 1.165) is 10.9 Å². The molecule has 4 atom stereocenters. The molecule has 0 unspecified atom stereocenters. The van der Waals surface area contributed by atoms with Crippen molar-refractivity contribution >= 4 is 12.2 Å². The summed E-state index contributed by atoms with van der Waals surface area (Å²) in [5.41, 5.74) is -0.474. The molecule has 1 aliphatic heterocycles. The highest BCUT2D eigenvalue weighted by molar-refractivity contribution is 7.71. The highest BCUT2D eigenvalue weighted by Crippen LogP contribution is 2.28. The summed E-state index contributed by atoms with van der Waals surface area (Å²) in [7, 11) is 0. The smallest absolute Gasteiger partial charge is 0.270 e. The zero-order chi connectivity index (χ0) is 12.6. The molecule has 0 aromatic carbocycles. The quantitative estimate of drug-likeness (QED) is 0.450. The topological polar surface area (TPSA) is 121 Å². The number of ether oxygens (including phenoxy) is 1. The normalized spacial score (nSPS) is 32.9. The van der Waals surface area contributed by atoms with Crippen LogP contribution in [0.25, 0.3) is 0 Å². The second-order valence-electron chi connectivity index (χ2n) is 3.61. The van der Waals surface area contributed by atoms with Crippen LogP contribution in [0.1, 0.15) is 6.23 Å². The molecule has 1 aromatic heterocycles. The van der Waals surface area contributed by atoms with E-state index < -0.39 is 36.7 Å². The Labute approximate surface area is 100 Å². The molecule has 2 heterocycles. The van der Waals surface area contributed by atoms with Gasteiger partial charge in [0, 0.05) is 0 Å². The Kier molecular flexibility index (Phi) is 3.35. The lowest BCUT2D eigenvalue weighted by atomic mass is 10.1. The fourth-order valence-electron chi connectivity index (χ4n) is 1.63. The van der Waals surface area contributed by atoms with Crippen LogP contribution in [0.2, 0.25) is 0 Å². The van der Waals surface area contributed by atoms with E-state index in [9.17, 15) is 15.0 Å². The van der Waals surface area contributed by atoms with Crippen LogP contribution < -0.4 is 5.56 Å². The molecule has 4 N–H and O–H groups in total. The number of aliphatic hydroxyl groups excluding tert-OH is 3. The largest absolute Gasteiger partial charge is 0.394 e. The van der Waals surface area contributed by atoms with Crippen LogP contribution in [-0.2, 0) is 4.74 Å². The molecule has 0 amide bonds. The van der Waals surface area contributed by atoms with Gasteiger partial charge in [-0.3, -0.25) is 9.78 Å². The maximum atomic E-state index is 10.9. The summed E-state index contributed by atoms with van der Waals surface area (Å²) in [4.78, 5) is 13.2. The van der Waals surface area contributed by atoms with Crippen molar-refractivity contribution in [1.82, 2.24) is 14.8 Å². The summed E-state index contributed by atoms with van der Waals surface area (Å²) in [6, 6.07) is 0. The molecular weight excluding hydrogens is 250 g/mol. The highest BCUT2D eigenvalue weighted by atomic mass is 32.1. The number of aromatic amines is 1. The summed E-state index contributed by atoms with van der Waals surface area (Å²) >= 11 is 4.85. The van der Waals surface area contributed by atoms with E-state index in [4.69, 9.17) is 22.1 Å². The van der Waals surface area contributed by atoms with E-state index in [-0.39, 0.29) is 4.77 Å². The van der Waals surface area contributed by atoms with Crippen LogP contribution in [-0.4, -0.2) is 55.0 Å². The predicted octanol–water partition coefficient (Wildman–Crippen LogP) is -2.09. The van der Waals surface area contributed by atoms with Crippen molar-refractivity contribution < 1.29 is 20.1 Å². The number of aliphatic hydroxyl groups is 3. The van der Waals surface area contributed by atoms with E-state index in [1.807, 2.05) is 0 Å². The number of aromatic nitrogens is 3. The molecule has 1 aliphatic rings. The van der Waals surface area contributed by atoms with Gasteiger partial charge in [0.1, 0.15) is 24.5 Å². The minimum absolute atomic E-state index is 0.0349. The van der Waals surface area contributed by atoms with Gasteiger partial charge in [-0.2, -0.15) is 5.10 Å². The zero-order valence-corrected chi connectivity index (χ0v) is 9.37. The summed E-state index contributed by atoms with van der Waals surface area (Å²) in [6.07, 6.45) is -3.49. The summed E-state index contributed by atoms with van der Waals surface area (Å²) in [5.74, 6) is 0. The lowest BCUT2D eigenvalue weighted by molar-refractivity contribution is -0.0607. The zero-order valence-electron chi connectivity index (χ0n) is 8.55. The Balaban J connectivity index is 2.35. The monoisotopic (exact) mass is 261 g/mol. The van der Waals surface area contributed by atoms with Crippen LogP contribution >= 0.6 is 12.2 Å². The lowest BCUT2D eigenvalue weighted by Crippen LogP contribution is -2.33. The second kappa shape index (κ2) is 4.63. The minimum Gasteiger partial charge on any atom is -0.394 e. The lowest BCUT2D eigenvalue weighted by Gasteiger charge is -2.16. The van der Waals surface area contributed by atoms with Gasteiger partial charge in [0.25, 0.3) is 5.56 Å². The maximum absolute atomic E-state index is 10.9. The Morgan fingerprint density at radius 2 is 2.24 bits per heavy atom. The number of hydrogen-bond acceptors (Lipinski definition) is 7. The summed E-state index contributed by atoms with van der Waals surface area (Å²) in [5, 5.41) is 31.9. The fraction of sp³-hybridized carbons (Fsp3) is 0.625. The molecule has 9 heteroatoms. The molecule has 1 fully saturated rings. The summed E-state index contributed by atoms with van der Waals surface area (Å²) in [6.45, 7) is -0.439. The molecule has 17 heavy (non-hydrogen) atoms. The second-order valence-corrected chi connectivity index (χ2v) is 4.00. The Hall–Kier alpha value is -1.13. The van der Waals surface area contributed by atoms with Crippen LogP contribution in [0.4, 0.5) is 0 Å². The molecule has 0 radical (unpaired) electrons. The van der Waals surface area contributed by atoms with Crippen molar-refractivity contribution in [2.75, 3.05) is 6.61 Å². The SMILES string of the molecule is O=c1cnn([C@H]2O[C@@H](CO)[C@@H](O)[C@@H]2O)c(=S)[nH]1. The first-order valence-corrected chi connectivity index (χ1v) is 5.26. The van der Waals surface area contributed by atoms with Crippen molar-refractivity contribution in [3.63, 3.8) is 0 Å². The molecular formula is C8H11N3O5S. The van der Waals surface area contributed by atoms with E-state index in [0.29, 0.717) is 0 Å². The molecule has 0 bridgehead atoms. The van der Waals surface area contributed by atoms with Crippen molar-refractivity contribution in [3.05, 3.63) is 21.3 Å². The van der Waals surface area contributed by atoms with Crippen LogP contribution in [0.15, 0.2) is 11.0 Å². The molecule has 8 nitrogen and oxygen atoms in total. The fourth-order valence-corrected chi connectivity index (χ4v) is 1.88. The average Bonchev–Trinajstić information content (AvgIpc) is 2.57. The third-order valence-corrected chi connectivity index (χ3v) is 2.78. The van der Waals surface area contributed by atoms with Gasteiger partial charge < -0.3 is 20.1 Å². The molecule has 2 rings (SSSR count). The van der Waals surface area contributed by atoms with Gasteiger partial charge in [-0.25, -0.2) is 4.68 Å². The molecule has 1 aromatic rings. The molecule has 94 valence electrons. The van der Waals surface area contributed by atoms with Gasteiger partial charge in [0.2, 0.25) is 0 Å². The Morgan fingerprint density at radius 1 is 1.53 bits per heavy atom. The van der Waals surface area contributed by atoms with Crippen molar-refractivity contribution in [2.45, 2.75) is 24.5 Å². The molecule has 0 saturated carbocycles. The maximum Gasteiger partial charge on any atom is 0.270 e. The van der Waals surface area contributed by atoms with Crippen LogP contribution in [0.3, 0.4) is 0 Å². The van der Waals surface area contributed by atoms with Crippen LogP contribution in [0, 0.1) is 4.77 Å². The molecule has 1 saturated heterocycles. The molecule has 0 spiro atoms. The standard InChI is InChI=1S/C8H11N3O5S/c12-2-3-5(14)6(15)7(16-3)11-8(17)10-4(13)1-9-11/h1,3,5-7,12,14-15H,2H2,(H,10,13,17)/t3-,5+,6-,7-/m0/s1. The first kappa shape index (κ1) is 12.3. The van der Waals surface area contributed by atoms with Gasteiger partial charge in [-0.1, -0.05) is 0 Å². The predicted molar refractivity (Wildman–Crippen MR) is 56.7 cm³/mol. The first-order valence-electron chi connectivity index (χ1n) is 4.85. The van der Waals surface area contributed by atoms with Crippen LogP contribution in [0.5, 0.6) is 0 Å². The average molecular weight is 261 g/mol. The number of nitrogens with zero attached hydrogens (tertiary/aromatic N) is 2. The number of rotatable bonds is 2. The van der Waals surface area contributed by atoms with Crippen molar-refractivity contribution in [3.8, 4) is 0 Å². The Morgan fingerprint density at radius 3 is 2.76 bits per heavy atom. The first-order chi connectivity index (χ1) is 8.04. The van der Waals surface area contributed by atoms with E-state index in [2.05, 4.69) is 10.1 Å². The number of nitrogens with one attached hydrogen (secondary N) is 1. The highest BCUT2D eigenvalue weighted by Gasteiger charge is 2.43. The van der Waals surface area contributed by atoms with Crippen molar-refractivity contribution in [2.24, 2.45) is 0 Å². The van der Waals surface area contributed by atoms with E-state index in [1.165, 1.54) is 0 Å². The van der Waals surface area contributed by atoms with Crippen molar-refractivity contribution in [1.29, 1.82) is 0 Å². The Bertz CT molecular complexity index is 514. The number of H-pyrrole nitrogens is 1. The van der Waals surface area contributed by atoms with E-state index >= 15 is 0 Å². The number of hydrogen-bond donors (Lipinski definition) is 4.